The van der Waals surface area contributed by atoms with Crippen LogP contribution >= 0.6 is 0 Å². The quantitative estimate of drug-likeness (QED) is 0.825. The van der Waals surface area contributed by atoms with E-state index in [4.69, 9.17) is 0 Å². The van der Waals surface area contributed by atoms with E-state index in [2.05, 4.69) is 10.6 Å². The molecule has 0 aromatic heterocycles. The monoisotopic (exact) mass is 233 g/mol. The van der Waals surface area contributed by atoms with Gasteiger partial charge >= 0.3 is 6.03 Å². The van der Waals surface area contributed by atoms with E-state index in [1.807, 2.05) is 32.0 Å². The van der Waals surface area contributed by atoms with Crippen LogP contribution in [0.1, 0.15) is 19.4 Å². The van der Waals surface area contributed by atoms with E-state index in [9.17, 15) is 9.90 Å². The van der Waals surface area contributed by atoms with Crippen LogP contribution in [0.2, 0.25) is 0 Å². The third kappa shape index (κ3) is 5.17. The van der Waals surface area contributed by atoms with Gasteiger partial charge in [0.25, 0.3) is 0 Å². The first-order chi connectivity index (χ1) is 8.11. The van der Waals surface area contributed by atoms with Crippen LogP contribution < -0.4 is 10.6 Å². The summed E-state index contributed by atoms with van der Waals surface area (Å²) < 4.78 is 0. The van der Waals surface area contributed by atoms with Crippen molar-refractivity contribution in [3.8, 4) is 0 Å². The van der Waals surface area contributed by atoms with Crippen molar-refractivity contribution in [1.82, 2.24) is 5.32 Å². The lowest BCUT2D eigenvalue weighted by molar-refractivity contribution is 0.233. The van der Waals surface area contributed by atoms with Crippen molar-refractivity contribution in [2.24, 2.45) is 0 Å². The second kappa shape index (κ2) is 6.70. The van der Waals surface area contributed by atoms with Crippen LogP contribution in [0.4, 0.5) is 10.5 Å². The zero-order valence-corrected chi connectivity index (χ0v) is 10.1. The molecule has 4 heteroatoms. The number of carbonyl (C=O) groups is 1. The normalized spacial score (nSPS) is 10.8. The summed E-state index contributed by atoms with van der Waals surface area (Å²) in [5.74, 6) is 0. The van der Waals surface area contributed by atoms with E-state index in [1.54, 1.807) is 12.1 Å². The van der Waals surface area contributed by atoms with Crippen LogP contribution in [0, 0.1) is 0 Å². The molecule has 0 saturated carbocycles. The summed E-state index contributed by atoms with van der Waals surface area (Å²) in [6, 6.07) is 7.18. The second-order valence-electron chi connectivity index (χ2n) is 3.95. The van der Waals surface area contributed by atoms with Crippen molar-refractivity contribution in [3.63, 3.8) is 0 Å². The summed E-state index contributed by atoms with van der Waals surface area (Å²) in [6.45, 7) is 3.55. The highest BCUT2D eigenvalue weighted by Gasteiger charge is 2.02. The highest BCUT2D eigenvalue weighted by atomic mass is 16.2. The topological polar surface area (TPSA) is 61.0 Å². The summed E-state index contributed by atoms with van der Waals surface area (Å²) in [6.07, 6.45) is 3.27. The Morgan fingerprint density at radius 1 is 1.41 bits per heavy atom. The Balaban J connectivity index is 2.65. The Labute approximate surface area is 101 Å². The average molecular weight is 233 g/mol. The van der Waals surface area contributed by atoms with Crippen molar-refractivity contribution < 1.29 is 9.90 Å². The molecule has 0 fully saturated rings. The zero-order chi connectivity index (χ0) is 12.7. The smallest absolute Gasteiger partial charge is 0.319 e. The number of amides is 2. The lowest BCUT2D eigenvalue weighted by Crippen LogP contribution is -2.34. The van der Waals surface area contributed by atoms with Gasteiger partial charge in [-0.1, -0.05) is 24.3 Å². The molecule has 17 heavy (non-hydrogen) atoms. The summed E-state index contributed by atoms with van der Waals surface area (Å²) in [5.41, 5.74) is 1.60. The fraction of sp³-hybridized carbons (Fsp3) is 0.308. The van der Waals surface area contributed by atoms with Crippen molar-refractivity contribution >= 4 is 17.8 Å². The number of hydrogen-bond acceptors (Lipinski definition) is 1. The van der Waals surface area contributed by atoms with Crippen LogP contribution in [-0.2, 0) is 5.11 Å². The fourth-order valence-corrected chi connectivity index (χ4v) is 1.33. The maximum atomic E-state index is 11.5. The molecule has 1 aromatic rings. The predicted molar refractivity (Wildman–Crippen MR) is 68.3 cm³/mol. The molecule has 91 valence electrons. The number of rotatable bonds is 4. The molecule has 2 N–H and O–H groups in total. The van der Waals surface area contributed by atoms with Gasteiger partial charge in [-0.3, -0.25) is 0 Å². The van der Waals surface area contributed by atoms with Crippen LogP contribution in [0.15, 0.2) is 30.3 Å². The molecule has 0 aliphatic rings. The molecule has 0 atom stereocenters. The van der Waals surface area contributed by atoms with Gasteiger partial charge < -0.3 is 10.6 Å². The summed E-state index contributed by atoms with van der Waals surface area (Å²) >= 11 is 0. The van der Waals surface area contributed by atoms with Gasteiger partial charge in [0.1, 0.15) is 6.61 Å². The second-order valence-corrected chi connectivity index (χ2v) is 3.95. The van der Waals surface area contributed by atoms with E-state index in [-0.39, 0.29) is 18.7 Å². The van der Waals surface area contributed by atoms with Gasteiger partial charge in [0.2, 0.25) is 0 Å². The highest BCUT2D eigenvalue weighted by molar-refractivity contribution is 5.89. The third-order valence-electron chi connectivity index (χ3n) is 1.97. The number of anilines is 1. The molecule has 0 bridgehead atoms. The van der Waals surface area contributed by atoms with Gasteiger partial charge in [0, 0.05) is 11.7 Å². The van der Waals surface area contributed by atoms with Crippen LogP contribution in [0.3, 0.4) is 0 Å². The SMILES string of the molecule is CC(C)NC(=O)Nc1cccc(C=CC[O])c1. The van der Waals surface area contributed by atoms with Crippen LogP contribution in [-0.4, -0.2) is 18.7 Å². The minimum atomic E-state index is -0.245. The zero-order valence-electron chi connectivity index (χ0n) is 10.1. The van der Waals surface area contributed by atoms with Gasteiger partial charge in [-0.2, -0.15) is 0 Å². The predicted octanol–water partition coefficient (Wildman–Crippen LogP) is 2.66. The van der Waals surface area contributed by atoms with E-state index in [1.165, 1.54) is 6.08 Å². The molecule has 0 unspecified atom stereocenters. The Morgan fingerprint density at radius 2 is 2.18 bits per heavy atom. The molecule has 1 aromatic carbocycles. The first kappa shape index (κ1) is 13.3. The maximum absolute atomic E-state index is 11.5. The number of carbonyl (C=O) groups excluding carboxylic acids is 1. The van der Waals surface area contributed by atoms with E-state index in [0.29, 0.717) is 5.69 Å². The van der Waals surface area contributed by atoms with E-state index >= 15 is 0 Å². The van der Waals surface area contributed by atoms with Gasteiger partial charge in [-0.15, -0.1) is 0 Å². The number of nitrogens with one attached hydrogen (secondary N) is 2. The first-order valence-corrected chi connectivity index (χ1v) is 5.54. The molecule has 0 spiro atoms. The lowest BCUT2D eigenvalue weighted by atomic mass is 10.2. The molecule has 1 radical (unpaired) electrons. The van der Waals surface area contributed by atoms with Gasteiger partial charge in [-0.25, -0.2) is 9.90 Å². The summed E-state index contributed by atoms with van der Waals surface area (Å²) in [4.78, 5) is 11.5. The van der Waals surface area contributed by atoms with Crippen molar-refractivity contribution in [3.05, 3.63) is 35.9 Å². The number of benzene rings is 1. The third-order valence-corrected chi connectivity index (χ3v) is 1.97. The van der Waals surface area contributed by atoms with Gasteiger partial charge in [0.15, 0.2) is 0 Å². The molecule has 0 heterocycles. The number of urea groups is 1. The van der Waals surface area contributed by atoms with Gasteiger partial charge in [0.05, 0.1) is 0 Å². The van der Waals surface area contributed by atoms with Crippen molar-refractivity contribution in [1.29, 1.82) is 0 Å². The lowest BCUT2D eigenvalue weighted by Gasteiger charge is -2.10. The average Bonchev–Trinajstić information content (AvgIpc) is 2.25. The van der Waals surface area contributed by atoms with Crippen LogP contribution in [0.5, 0.6) is 0 Å². The highest BCUT2D eigenvalue weighted by Crippen LogP contribution is 2.11. The van der Waals surface area contributed by atoms with E-state index < -0.39 is 0 Å². The molecule has 2 amide bonds. The Bertz CT molecular complexity index is 400. The molecule has 0 aliphatic heterocycles. The molecular formula is C13H17N2O2. The van der Waals surface area contributed by atoms with E-state index in [0.717, 1.165) is 5.56 Å². The molecular weight excluding hydrogens is 216 g/mol. The minimum absolute atomic E-state index is 0.0959. The van der Waals surface area contributed by atoms with Crippen molar-refractivity contribution in [2.75, 3.05) is 11.9 Å². The maximum Gasteiger partial charge on any atom is 0.319 e. The van der Waals surface area contributed by atoms with Gasteiger partial charge in [-0.05, 0) is 31.5 Å². The first-order valence-electron chi connectivity index (χ1n) is 5.54. The number of hydrogen-bond donors (Lipinski definition) is 2. The molecule has 0 saturated heterocycles. The standard InChI is InChI=1S/C13H17N2O2/c1-10(2)14-13(17)15-12-7-3-5-11(9-12)6-4-8-16/h3-7,9-10H,8H2,1-2H3,(H2,14,15,17). The van der Waals surface area contributed by atoms with Crippen molar-refractivity contribution in [2.45, 2.75) is 19.9 Å². The summed E-state index contributed by atoms with van der Waals surface area (Å²) in [5, 5.41) is 15.8. The minimum Gasteiger partial charge on any atom is -0.336 e. The molecule has 1 rings (SSSR count). The Kier molecular flexibility index (Phi) is 5.23. The molecule has 4 nitrogen and oxygen atoms in total. The Hall–Kier alpha value is -1.81. The summed E-state index contributed by atoms with van der Waals surface area (Å²) in [7, 11) is 0. The largest absolute Gasteiger partial charge is 0.336 e. The fourth-order valence-electron chi connectivity index (χ4n) is 1.33. The molecule has 0 aliphatic carbocycles. The van der Waals surface area contributed by atoms with Crippen LogP contribution in [0.25, 0.3) is 6.08 Å². The Morgan fingerprint density at radius 3 is 2.82 bits per heavy atom.